The Hall–Kier alpha value is -2.41. The number of aromatic amines is 1. The average molecular weight is 359 g/mol. The summed E-state index contributed by atoms with van der Waals surface area (Å²) < 4.78 is 7.05. The Morgan fingerprint density at radius 2 is 2.00 bits per heavy atom. The van der Waals surface area contributed by atoms with Gasteiger partial charge in [-0.15, -0.1) is 5.10 Å². The number of halogens is 1. The molecular weight excluding hydrogens is 340 g/mol. The van der Waals surface area contributed by atoms with E-state index in [1.54, 1.807) is 7.11 Å². The summed E-state index contributed by atoms with van der Waals surface area (Å²) in [6, 6.07) is 7.88. The molecule has 1 aromatic carbocycles. The smallest absolute Gasteiger partial charge is 0.182 e. The fourth-order valence-electron chi connectivity index (χ4n) is 2.96. The Kier molecular flexibility index (Phi) is 3.76. The predicted molar refractivity (Wildman–Crippen MR) is 93.6 cm³/mol. The van der Waals surface area contributed by atoms with Crippen LogP contribution in [0.5, 0.6) is 5.75 Å². The maximum Gasteiger partial charge on any atom is 0.182 e. The van der Waals surface area contributed by atoms with E-state index in [0.29, 0.717) is 29.1 Å². The Bertz CT molecular complexity index is 898. The Morgan fingerprint density at radius 1 is 1.28 bits per heavy atom. The van der Waals surface area contributed by atoms with Crippen molar-refractivity contribution in [1.82, 2.24) is 30.2 Å². The van der Waals surface area contributed by atoms with Crippen molar-refractivity contribution < 1.29 is 4.74 Å². The quantitative estimate of drug-likeness (QED) is 0.756. The van der Waals surface area contributed by atoms with E-state index >= 15 is 0 Å². The van der Waals surface area contributed by atoms with Crippen LogP contribution in [0.25, 0.3) is 11.5 Å². The molecule has 0 saturated heterocycles. The first-order valence-electron chi connectivity index (χ1n) is 8.12. The standard InChI is InChI=1S/C17H19ClN6O/c1-17(2)8-12(17)15-19-16(13-14(18)21-23-20-13)24(22-15)9-10-4-6-11(25-3)7-5-10/h4-7,12H,8-9H2,1-3H3,(H,20,21,23). The normalized spacial score (nSPS) is 18.3. The number of H-pyrrole nitrogens is 1. The van der Waals surface area contributed by atoms with E-state index in [1.165, 1.54) is 0 Å². The largest absolute Gasteiger partial charge is 0.497 e. The highest BCUT2D eigenvalue weighted by Crippen LogP contribution is 2.57. The molecular formula is C17H19ClN6O. The number of methoxy groups -OCH3 is 1. The number of ether oxygens (including phenoxy) is 1. The molecule has 1 N–H and O–H groups in total. The summed E-state index contributed by atoms with van der Waals surface area (Å²) in [5.41, 5.74) is 1.86. The molecule has 2 heterocycles. The molecule has 2 aromatic heterocycles. The van der Waals surface area contributed by atoms with Gasteiger partial charge in [-0.2, -0.15) is 15.4 Å². The molecule has 3 aromatic rings. The summed E-state index contributed by atoms with van der Waals surface area (Å²) in [6.07, 6.45) is 1.09. The van der Waals surface area contributed by atoms with Crippen LogP contribution < -0.4 is 4.74 Å². The first-order valence-corrected chi connectivity index (χ1v) is 8.50. The zero-order valence-corrected chi connectivity index (χ0v) is 15.1. The number of hydrogen-bond acceptors (Lipinski definition) is 5. The van der Waals surface area contributed by atoms with E-state index in [4.69, 9.17) is 26.4 Å². The fraction of sp³-hybridized carbons (Fsp3) is 0.412. The molecule has 130 valence electrons. The van der Waals surface area contributed by atoms with Crippen molar-refractivity contribution in [3.8, 4) is 17.3 Å². The van der Waals surface area contributed by atoms with E-state index in [-0.39, 0.29) is 5.41 Å². The van der Waals surface area contributed by atoms with Crippen LogP contribution in [0.15, 0.2) is 24.3 Å². The summed E-state index contributed by atoms with van der Waals surface area (Å²) in [4.78, 5) is 4.72. The monoisotopic (exact) mass is 358 g/mol. The van der Waals surface area contributed by atoms with Crippen LogP contribution in [-0.2, 0) is 6.54 Å². The third-order valence-corrected chi connectivity index (χ3v) is 4.99. The molecule has 25 heavy (non-hydrogen) atoms. The van der Waals surface area contributed by atoms with Crippen molar-refractivity contribution in [2.45, 2.75) is 32.7 Å². The minimum Gasteiger partial charge on any atom is -0.497 e. The van der Waals surface area contributed by atoms with Crippen LogP contribution >= 0.6 is 11.6 Å². The summed E-state index contributed by atoms with van der Waals surface area (Å²) in [7, 11) is 1.65. The lowest BCUT2D eigenvalue weighted by atomic mass is 10.1. The first-order chi connectivity index (χ1) is 12.0. The number of nitrogens with zero attached hydrogens (tertiary/aromatic N) is 5. The van der Waals surface area contributed by atoms with Crippen LogP contribution in [-0.4, -0.2) is 37.3 Å². The topological polar surface area (TPSA) is 81.5 Å². The number of rotatable bonds is 5. The fourth-order valence-corrected chi connectivity index (χ4v) is 3.13. The molecule has 7 nitrogen and oxygen atoms in total. The van der Waals surface area contributed by atoms with Crippen molar-refractivity contribution >= 4 is 11.6 Å². The molecule has 4 rings (SSSR count). The van der Waals surface area contributed by atoms with E-state index in [1.807, 2.05) is 28.9 Å². The van der Waals surface area contributed by atoms with Gasteiger partial charge in [-0.3, -0.25) is 0 Å². The lowest BCUT2D eigenvalue weighted by Gasteiger charge is -2.06. The lowest BCUT2D eigenvalue weighted by molar-refractivity contribution is 0.414. The van der Waals surface area contributed by atoms with Gasteiger partial charge in [0.25, 0.3) is 0 Å². The minimum absolute atomic E-state index is 0.247. The predicted octanol–water partition coefficient (Wildman–Crippen LogP) is 3.29. The Labute approximate surface area is 150 Å². The number of nitrogens with one attached hydrogen (secondary N) is 1. The third kappa shape index (κ3) is 3.00. The lowest BCUT2D eigenvalue weighted by Crippen LogP contribution is -2.05. The molecule has 0 aliphatic heterocycles. The van der Waals surface area contributed by atoms with Crippen LogP contribution in [0.3, 0.4) is 0 Å². The van der Waals surface area contributed by atoms with E-state index in [2.05, 4.69) is 29.3 Å². The molecule has 0 radical (unpaired) electrons. The molecule has 1 aliphatic carbocycles. The highest BCUT2D eigenvalue weighted by Gasteiger charge is 2.49. The molecule has 1 unspecified atom stereocenters. The Balaban J connectivity index is 1.70. The second-order valence-corrected chi connectivity index (χ2v) is 7.37. The van der Waals surface area contributed by atoms with Gasteiger partial charge in [-0.25, -0.2) is 9.67 Å². The van der Waals surface area contributed by atoms with Crippen LogP contribution in [0.4, 0.5) is 0 Å². The van der Waals surface area contributed by atoms with Crippen molar-refractivity contribution in [3.63, 3.8) is 0 Å². The first kappa shape index (κ1) is 16.1. The molecule has 1 aliphatic rings. The molecule has 1 saturated carbocycles. The van der Waals surface area contributed by atoms with Gasteiger partial charge in [0.15, 0.2) is 22.5 Å². The molecule has 1 fully saturated rings. The van der Waals surface area contributed by atoms with Crippen molar-refractivity contribution in [1.29, 1.82) is 0 Å². The van der Waals surface area contributed by atoms with Gasteiger partial charge >= 0.3 is 0 Å². The van der Waals surface area contributed by atoms with Crippen LogP contribution in [0, 0.1) is 5.41 Å². The van der Waals surface area contributed by atoms with Gasteiger partial charge in [-0.1, -0.05) is 37.6 Å². The minimum atomic E-state index is 0.247. The summed E-state index contributed by atoms with van der Waals surface area (Å²) in [6.45, 7) is 5.03. The number of aromatic nitrogens is 6. The molecule has 1 atom stereocenters. The van der Waals surface area contributed by atoms with Gasteiger partial charge in [0.1, 0.15) is 5.75 Å². The Morgan fingerprint density at radius 3 is 2.56 bits per heavy atom. The van der Waals surface area contributed by atoms with Gasteiger partial charge in [0.2, 0.25) is 0 Å². The zero-order chi connectivity index (χ0) is 17.6. The van der Waals surface area contributed by atoms with E-state index < -0.39 is 0 Å². The average Bonchev–Trinajstić information content (AvgIpc) is 2.90. The van der Waals surface area contributed by atoms with E-state index in [0.717, 1.165) is 23.6 Å². The van der Waals surface area contributed by atoms with Gasteiger partial charge in [0, 0.05) is 5.92 Å². The highest BCUT2D eigenvalue weighted by molar-refractivity contribution is 6.31. The van der Waals surface area contributed by atoms with Crippen molar-refractivity contribution in [2.75, 3.05) is 7.11 Å². The highest BCUT2D eigenvalue weighted by atomic mass is 35.5. The van der Waals surface area contributed by atoms with Gasteiger partial charge < -0.3 is 4.74 Å². The zero-order valence-electron chi connectivity index (χ0n) is 14.3. The maximum atomic E-state index is 6.15. The van der Waals surface area contributed by atoms with Gasteiger partial charge in [-0.05, 0) is 29.5 Å². The second kappa shape index (κ2) is 5.84. The van der Waals surface area contributed by atoms with Crippen LogP contribution in [0.1, 0.15) is 37.6 Å². The summed E-state index contributed by atoms with van der Waals surface area (Å²) in [5.74, 6) is 2.66. The summed E-state index contributed by atoms with van der Waals surface area (Å²) >= 11 is 6.15. The molecule has 0 amide bonds. The molecule has 0 bridgehead atoms. The van der Waals surface area contributed by atoms with Crippen molar-refractivity contribution in [2.24, 2.45) is 5.41 Å². The number of hydrogen-bond donors (Lipinski definition) is 1. The van der Waals surface area contributed by atoms with E-state index in [9.17, 15) is 0 Å². The van der Waals surface area contributed by atoms with Crippen molar-refractivity contribution in [3.05, 3.63) is 40.8 Å². The van der Waals surface area contributed by atoms with Crippen LogP contribution in [0.2, 0.25) is 5.15 Å². The van der Waals surface area contributed by atoms with Gasteiger partial charge in [0.05, 0.1) is 13.7 Å². The molecule has 0 spiro atoms. The number of benzene rings is 1. The summed E-state index contributed by atoms with van der Waals surface area (Å²) in [5, 5.41) is 15.6. The SMILES string of the molecule is COc1ccc(Cn2nc(C3CC3(C)C)nc2-c2n[nH]nc2Cl)cc1. The molecule has 8 heteroatoms. The third-order valence-electron chi connectivity index (χ3n) is 4.72. The second-order valence-electron chi connectivity index (χ2n) is 7.01. The maximum absolute atomic E-state index is 6.15.